The molecule has 0 aliphatic rings. The predicted molar refractivity (Wildman–Crippen MR) is 85.2 cm³/mol. The number of aromatic nitrogens is 2. The third-order valence-corrected chi connectivity index (χ3v) is 4.24. The minimum Gasteiger partial charge on any atom is -0.497 e. The zero-order chi connectivity index (χ0) is 16.6. The number of nitrogen functional groups attached to an aromatic ring is 1. The largest absolute Gasteiger partial charge is 0.497 e. The Morgan fingerprint density at radius 2 is 2.13 bits per heavy atom. The van der Waals surface area contributed by atoms with Crippen molar-refractivity contribution in [1.29, 1.82) is 10.5 Å². The summed E-state index contributed by atoms with van der Waals surface area (Å²) in [6, 6.07) is 10.7. The summed E-state index contributed by atoms with van der Waals surface area (Å²) < 4.78 is 6.24. The summed E-state index contributed by atoms with van der Waals surface area (Å²) in [5.41, 5.74) is 5.88. The van der Waals surface area contributed by atoms with E-state index in [4.69, 9.17) is 15.7 Å². The van der Waals surface area contributed by atoms with Gasteiger partial charge in [0.15, 0.2) is 4.96 Å². The van der Waals surface area contributed by atoms with Crippen molar-refractivity contribution in [2.45, 2.75) is 0 Å². The first-order valence-electron chi connectivity index (χ1n) is 6.40. The van der Waals surface area contributed by atoms with Gasteiger partial charge in [-0.2, -0.15) is 10.5 Å². The SMILES string of the molecule is COc1cccc(-c2nc3sc(C#N)c(N)n3c(=O)c2C#N)c1. The lowest BCUT2D eigenvalue weighted by Crippen LogP contribution is -2.20. The van der Waals surface area contributed by atoms with Crippen LogP contribution in [0.1, 0.15) is 10.4 Å². The molecule has 0 amide bonds. The number of benzene rings is 1. The van der Waals surface area contributed by atoms with E-state index in [1.54, 1.807) is 24.3 Å². The number of nitriles is 2. The summed E-state index contributed by atoms with van der Waals surface area (Å²) >= 11 is 1.00. The molecule has 0 aliphatic heterocycles. The Morgan fingerprint density at radius 1 is 1.35 bits per heavy atom. The first-order valence-corrected chi connectivity index (χ1v) is 7.22. The van der Waals surface area contributed by atoms with Crippen molar-refractivity contribution in [1.82, 2.24) is 9.38 Å². The second kappa shape index (κ2) is 5.44. The van der Waals surface area contributed by atoms with Crippen molar-refractivity contribution in [2.24, 2.45) is 0 Å². The highest BCUT2D eigenvalue weighted by atomic mass is 32.1. The predicted octanol–water partition coefficient (Wildman–Crippen LogP) is 1.76. The quantitative estimate of drug-likeness (QED) is 0.768. The summed E-state index contributed by atoms with van der Waals surface area (Å²) in [7, 11) is 1.52. The monoisotopic (exact) mass is 323 g/mol. The van der Waals surface area contributed by atoms with Crippen LogP contribution < -0.4 is 16.0 Å². The molecular weight excluding hydrogens is 314 g/mol. The van der Waals surface area contributed by atoms with Crippen LogP contribution in [0, 0.1) is 22.7 Å². The van der Waals surface area contributed by atoms with Crippen LogP contribution in [0.2, 0.25) is 0 Å². The maximum absolute atomic E-state index is 12.5. The zero-order valence-corrected chi connectivity index (χ0v) is 12.7. The fourth-order valence-electron chi connectivity index (χ4n) is 2.19. The van der Waals surface area contributed by atoms with E-state index in [9.17, 15) is 10.1 Å². The highest BCUT2D eigenvalue weighted by Gasteiger charge is 2.19. The first-order chi connectivity index (χ1) is 11.1. The second-order valence-corrected chi connectivity index (χ2v) is 5.51. The number of nitrogens with zero attached hydrogens (tertiary/aromatic N) is 4. The van der Waals surface area contributed by atoms with E-state index < -0.39 is 5.56 Å². The van der Waals surface area contributed by atoms with E-state index in [0.717, 1.165) is 15.7 Å². The van der Waals surface area contributed by atoms with Crippen LogP contribution >= 0.6 is 11.3 Å². The molecule has 3 aromatic rings. The molecule has 7 nitrogen and oxygen atoms in total. The van der Waals surface area contributed by atoms with Gasteiger partial charge in [0.1, 0.15) is 34.1 Å². The van der Waals surface area contributed by atoms with Crippen LogP contribution in [0.3, 0.4) is 0 Å². The van der Waals surface area contributed by atoms with Crippen LogP contribution in [0.5, 0.6) is 5.75 Å². The molecule has 0 saturated heterocycles. The van der Waals surface area contributed by atoms with Gasteiger partial charge in [0.05, 0.1) is 12.8 Å². The van der Waals surface area contributed by atoms with E-state index in [-0.39, 0.29) is 26.9 Å². The number of nitrogens with two attached hydrogens (primary N) is 1. The van der Waals surface area contributed by atoms with Gasteiger partial charge >= 0.3 is 0 Å². The highest BCUT2D eigenvalue weighted by molar-refractivity contribution is 7.18. The van der Waals surface area contributed by atoms with Crippen LogP contribution in [-0.2, 0) is 0 Å². The molecule has 1 aromatic carbocycles. The van der Waals surface area contributed by atoms with Crippen molar-refractivity contribution in [3.8, 4) is 29.1 Å². The van der Waals surface area contributed by atoms with E-state index >= 15 is 0 Å². The lowest BCUT2D eigenvalue weighted by Gasteiger charge is -2.06. The molecule has 23 heavy (non-hydrogen) atoms. The molecule has 0 saturated carbocycles. The number of hydrogen-bond acceptors (Lipinski definition) is 7. The normalized spacial score (nSPS) is 10.2. The Balaban J connectivity index is 2.40. The van der Waals surface area contributed by atoms with Crippen molar-refractivity contribution < 1.29 is 4.74 Å². The van der Waals surface area contributed by atoms with Crippen molar-refractivity contribution >= 4 is 22.1 Å². The zero-order valence-electron chi connectivity index (χ0n) is 11.9. The lowest BCUT2D eigenvalue weighted by molar-refractivity contribution is 0.415. The lowest BCUT2D eigenvalue weighted by atomic mass is 10.1. The standard InChI is InChI=1S/C15H9N5O2S/c1-22-9-4-2-3-8(5-9)12-10(6-16)14(21)20-13(18)11(7-17)23-15(20)19-12/h2-5H,18H2,1H3. The van der Waals surface area contributed by atoms with Gasteiger partial charge in [-0.05, 0) is 12.1 Å². The maximum Gasteiger partial charge on any atom is 0.278 e. The molecular formula is C15H9N5O2S. The Bertz CT molecular complexity index is 1070. The number of rotatable bonds is 2. The molecule has 0 atom stereocenters. The second-order valence-electron chi connectivity index (χ2n) is 4.53. The molecule has 2 aromatic heterocycles. The molecule has 112 valence electrons. The number of hydrogen-bond donors (Lipinski definition) is 1. The van der Waals surface area contributed by atoms with E-state index in [2.05, 4.69) is 4.98 Å². The fraction of sp³-hybridized carbons (Fsp3) is 0.0667. The average Bonchev–Trinajstić information content (AvgIpc) is 2.91. The van der Waals surface area contributed by atoms with Gasteiger partial charge in [0.2, 0.25) is 0 Å². The van der Waals surface area contributed by atoms with E-state index in [0.29, 0.717) is 11.3 Å². The van der Waals surface area contributed by atoms with Gasteiger partial charge in [-0.3, -0.25) is 4.79 Å². The summed E-state index contributed by atoms with van der Waals surface area (Å²) in [6.07, 6.45) is 0. The van der Waals surface area contributed by atoms with Gasteiger partial charge in [0, 0.05) is 5.56 Å². The number of thiazole rings is 1. The average molecular weight is 323 g/mol. The third kappa shape index (κ3) is 2.18. The molecule has 2 heterocycles. The van der Waals surface area contributed by atoms with Crippen molar-refractivity contribution in [2.75, 3.05) is 12.8 Å². The summed E-state index contributed by atoms with van der Waals surface area (Å²) in [5.74, 6) is 0.579. The van der Waals surface area contributed by atoms with Crippen LogP contribution in [-0.4, -0.2) is 16.5 Å². The number of fused-ring (bicyclic) bond motifs is 1. The first kappa shape index (κ1) is 14.6. The van der Waals surface area contributed by atoms with Gasteiger partial charge in [-0.25, -0.2) is 9.38 Å². The number of ether oxygens (including phenoxy) is 1. The van der Waals surface area contributed by atoms with Crippen LogP contribution in [0.4, 0.5) is 5.82 Å². The van der Waals surface area contributed by atoms with Gasteiger partial charge in [-0.15, -0.1) is 0 Å². The smallest absolute Gasteiger partial charge is 0.278 e. The minimum absolute atomic E-state index is 0.00121. The Kier molecular flexibility index (Phi) is 3.45. The molecule has 0 aliphatic carbocycles. The van der Waals surface area contributed by atoms with E-state index in [1.165, 1.54) is 7.11 Å². The Labute approximate surface area is 134 Å². The summed E-state index contributed by atoms with van der Waals surface area (Å²) in [6.45, 7) is 0. The van der Waals surface area contributed by atoms with Gasteiger partial charge < -0.3 is 10.5 Å². The summed E-state index contributed by atoms with van der Waals surface area (Å²) in [5, 5.41) is 18.4. The number of anilines is 1. The Hall–Kier alpha value is -3.36. The van der Waals surface area contributed by atoms with Gasteiger partial charge in [-0.1, -0.05) is 23.5 Å². The summed E-state index contributed by atoms with van der Waals surface area (Å²) in [4.78, 5) is 17.3. The minimum atomic E-state index is -0.592. The molecule has 2 N–H and O–H groups in total. The highest BCUT2D eigenvalue weighted by Crippen LogP contribution is 2.28. The maximum atomic E-state index is 12.5. The number of methoxy groups -OCH3 is 1. The van der Waals surface area contributed by atoms with Gasteiger partial charge in [0.25, 0.3) is 5.56 Å². The molecule has 0 bridgehead atoms. The molecule has 3 rings (SSSR count). The molecule has 0 radical (unpaired) electrons. The van der Waals surface area contributed by atoms with E-state index in [1.807, 2.05) is 12.1 Å². The van der Waals surface area contributed by atoms with Crippen molar-refractivity contribution in [3.63, 3.8) is 0 Å². The molecule has 8 heteroatoms. The molecule has 0 fully saturated rings. The Morgan fingerprint density at radius 3 is 2.78 bits per heavy atom. The van der Waals surface area contributed by atoms with Crippen molar-refractivity contribution in [3.05, 3.63) is 45.1 Å². The molecule has 0 unspecified atom stereocenters. The topological polar surface area (TPSA) is 117 Å². The fourth-order valence-corrected chi connectivity index (χ4v) is 3.02. The molecule has 0 spiro atoms. The third-order valence-electron chi connectivity index (χ3n) is 3.28. The van der Waals surface area contributed by atoms with Crippen LogP contribution in [0.25, 0.3) is 16.2 Å². The van der Waals surface area contributed by atoms with Crippen LogP contribution in [0.15, 0.2) is 29.1 Å².